The number of hydrogen-bond acceptors (Lipinski definition) is 0. The van der Waals surface area contributed by atoms with Gasteiger partial charge in [-0.3, -0.25) is 0 Å². The maximum Gasteiger partial charge on any atom is 0.0406 e. The van der Waals surface area contributed by atoms with Crippen molar-refractivity contribution in [3.8, 4) is 11.1 Å². The van der Waals surface area contributed by atoms with Gasteiger partial charge < -0.3 is 0 Å². The minimum atomic E-state index is 0.757. The van der Waals surface area contributed by atoms with E-state index in [2.05, 4.69) is 65.8 Å². The molecule has 0 aliphatic heterocycles. The van der Waals surface area contributed by atoms with Crippen molar-refractivity contribution in [2.24, 2.45) is 0 Å². The molecule has 0 spiro atoms. The summed E-state index contributed by atoms with van der Waals surface area (Å²) in [5, 5.41) is 3.24. The SMILES string of the molecule is C=CCc1c(C)c(Br)c2ccccc2c1-c1ccc(Cl)cc1. The lowest BCUT2D eigenvalue weighted by atomic mass is 9.88. The van der Waals surface area contributed by atoms with Crippen LogP contribution in [0.15, 0.2) is 65.7 Å². The smallest absolute Gasteiger partial charge is 0.0406 e. The van der Waals surface area contributed by atoms with E-state index in [1.54, 1.807) is 0 Å². The first-order chi connectivity index (χ1) is 10.6. The van der Waals surface area contributed by atoms with E-state index in [1.165, 1.54) is 33.0 Å². The number of fused-ring (bicyclic) bond motifs is 1. The fourth-order valence-electron chi connectivity index (χ4n) is 2.92. The van der Waals surface area contributed by atoms with Crippen LogP contribution >= 0.6 is 27.5 Å². The monoisotopic (exact) mass is 370 g/mol. The van der Waals surface area contributed by atoms with Crippen LogP contribution in [-0.2, 0) is 6.42 Å². The quantitative estimate of drug-likeness (QED) is 0.436. The minimum absolute atomic E-state index is 0.757. The summed E-state index contributed by atoms with van der Waals surface area (Å²) in [5.41, 5.74) is 5.03. The summed E-state index contributed by atoms with van der Waals surface area (Å²) in [7, 11) is 0. The van der Waals surface area contributed by atoms with Crippen LogP contribution in [0.25, 0.3) is 21.9 Å². The summed E-state index contributed by atoms with van der Waals surface area (Å²) in [6.07, 6.45) is 2.80. The molecule has 0 radical (unpaired) electrons. The van der Waals surface area contributed by atoms with Crippen molar-refractivity contribution in [1.82, 2.24) is 0 Å². The Bertz CT molecular complexity index is 848. The summed E-state index contributed by atoms with van der Waals surface area (Å²) < 4.78 is 1.16. The molecule has 3 aromatic carbocycles. The second-order valence-corrected chi connectivity index (χ2v) is 6.57. The average Bonchev–Trinajstić information content (AvgIpc) is 2.54. The number of hydrogen-bond donors (Lipinski definition) is 0. The van der Waals surface area contributed by atoms with E-state index in [1.807, 2.05) is 18.2 Å². The first-order valence-electron chi connectivity index (χ1n) is 7.20. The van der Waals surface area contributed by atoms with E-state index in [-0.39, 0.29) is 0 Å². The first kappa shape index (κ1) is 15.3. The van der Waals surface area contributed by atoms with Crippen LogP contribution in [0, 0.1) is 6.92 Å². The van der Waals surface area contributed by atoms with Gasteiger partial charge in [-0.1, -0.05) is 54.1 Å². The van der Waals surface area contributed by atoms with Crippen LogP contribution in [0.1, 0.15) is 11.1 Å². The zero-order valence-electron chi connectivity index (χ0n) is 12.4. The standard InChI is InChI=1S/C20H16BrCl/c1-3-6-16-13(2)20(21)18-8-5-4-7-17(18)19(16)14-9-11-15(22)12-10-14/h3-5,7-12H,1,6H2,2H3. The summed E-state index contributed by atoms with van der Waals surface area (Å²) in [6, 6.07) is 16.6. The number of benzene rings is 3. The van der Waals surface area contributed by atoms with Gasteiger partial charge in [0.2, 0.25) is 0 Å². The van der Waals surface area contributed by atoms with Gasteiger partial charge in [-0.05, 0) is 74.4 Å². The molecule has 0 unspecified atom stereocenters. The Hall–Kier alpha value is -1.57. The average molecular weight is 372 g/mol. The minimum Gasteiger partial charge on any atom is -0.103 e. The third-order valence-corrected chi connectivity index (χ3v) is 5.27. The molecule has 0 heterocycles. The lowest BCUT2D eigenvalue weighted by Crippen LogP contribution is -1.96. The number of halogens is 2. The summed E-state index contributed by atoms with van der Waals surface area (Å²) in [4.78, 5) is 0. The van der Waals surface area contributed by atoms with Gasteiger partial charge in [-0.25, -0.2) is 0 Å². The fraction of sp³-hybridized carbons (Fsp3) is 0.100. The normalized spacial score (nSPS) is 10.9. The Kier molecular flexibility index (Phi) is 4.37. The largest absolute Gasteiger partial charge is 0.103 e. The highest BCUT2D eigenvalue weighted by molar-refractivity contribution is 9.10. The Morgan fingerprint density at radius 1 is 1.05 bits per heavy atom. The molecule has 0 fully saturated rings. The summed E-state index contributed by atoms with van der Waals surface area (Å²) >= 11 is 9.82. The molecule has 2 heteroatoms. The topological polar surface area (TPSA) is 0 Å². The van der Waals surface area contributed by atoms with Crippen molar-refractivity contribution >= 4 is 38.3 Å². The van der Waals surface area contributed by atoms with E-state index in [4.69, 9.17) is 11.6 Å². The van der Waals surface area contributed by atoms with Gasteiger partial charge in [-0.2, -0.15) is 0 Å². The third-order valence-electron chi connectivity index (χ3n) is 4.00. The molecule has 22 heavy (non-hydrogen) atoms. The highest BCUT2D eigenvalue weighted by Gasteiger charge is 2.15. The van der Waals surface area contributed by atoms with Crippen molar-refractivity contribution in [2.45, 2.75) is 13.3 Å². The third kappa shape index (κ3) is 2.60. The van der Waals surface area contributed by atoms with Crippen LogP contribution in [0.5, 0.6) is 0 Å². The Morgan fingerprint density at radius 3 is 2.32 bits per heavy atom. The van der Waals surface area contributed by atoms with E-state index in [9.17, 15) is 0 Å². The van der Waals surface area contributed by atoms with E-state index < -0.39 is 0 Å². The van der Waals surface area contributed by atoms with Gasteiger partial charge in [-0.15, -0.1) is 6.58 Å². The molecule has 0 aliphatic rings. The molecule has 3 aromatic rings. The van der Waals surface area contributed by atoms with E-state index in [0.717, 1.165) is 15.9 Å². The van der Waals surface area contributed by atoms with Gasteiger partial charge in [0, 0.05) is 9.50 Å². The molecule has 0 saturated carbocycles. The maximum absolute atomic E-state index is 6.05. The van der Waals surface area contributed by atoms with Crippen LogP contribution in [0.4, 0.5) is 0 Å². The van der Waals surface area contributed by atoms with Crippen molar-refractivity contribution in [1.29, 1.82) is 0 Å². The van der Waals surface area contributed by atoms with Gasteiger partial charge >= 0.3 is 0 Å². The Morgan fingerprint density at radius 2 is 1.68 bits per heavy atom. The van der Waals surface area contributed by atoms with Crippen LogP contribution in [-0.4, -0.2) is 0 Å². The molecule has 0 saturated heterocycles. The van der Waals surface area contributed by atoms with Gasteiger partial charge in [0.05, 0.1) is 0 Å². The molecule has 0 nitrogen and oxygen atoms in total. The number of rotatable bonds is 3. The molecule has 110 valence electrons. The fourth-order valence-corrected chi connectivity index (χ4v) is 3.63. The van der Waals surface area contributed by atoms with Crippen LogP contribution in [0.3, 0.4) is 0 Å². The molecule has 0 aliphatic carbocycles. The first-order valence-corrected chi connectivity index (χ1v) is 8.37. The predicted molar refractivity (Wildman–Crippen MR) is 101 cm³/mol. The zero-order valence-corrected chi connectivity index (χ0v) is 14.7. The predicted octanol–water partition coefficient (Wildman–Crippen LogP) is 6.96. The van der Waals surface area contributed by atoms with Crippen molar-refractivity contribution in [3.05, 3.63) is 81.8 Å². The lowest BCUT2D eigenvalue weighted by molar-refractivity contribution is 1.22. The second kappa shape index (κ2) is 6.28. The van der Waals surface area contributed by atoms with Crippen molar-refractivity contribution in [3.63, 3.8) is 0 Å². The molecule has 0 aromatic heterocycles. The maximum atomic E-state index is 6.05. The van der Waals surface area contributed by atoms with Crippen molar-refractivity contribution in [2.75, 3.05) is 0 Å². The van der Waals surface area contributed by atoms with Crippen LogP contribution < -0.4 is 0 Å². The molecule has 0 amide bonds. The van der Waals surface area contributed by atoms with Crippen molar-refractivity contribution < 1.29 is 0 Å². The Labute approximate surface area is 144 Å². The van der Waals surface area contributed by atoms with Gasteiger partial charge in [0.25, 0.3) is 0 Å². The molecular formula is C20H16BrCl. The molecule has 3 rings (SSSR count). The van der Waals surface area contributed by atoms with Gasteiger partial charge in [0.1, 0.15) is 0 Å². The highest BCUT2D eigenvalue weighted by Crippen LogP contribution is 2.40. The molecule has 0 N–H and O–H groups in total. The highest BCUT2D eigenvalue weighted by atomic mass is 79.9. The summed E-state index contributed by atoms with van der Waals surface area (Å²) in [6.45, 7) is 6.08. The second-order valence-electron chi connectivity index (χ2n) is 5.34. The molecule has 0 atom stereocenters. The van der Waals surface area contributed by atoms with Crippen LogP contribution in [0.2, 0.25) is 5.02 Å². The van der Waals surface area contributed by atoms with E-state index in [0.29, 0.717) is 0 Å². The Balaban J connectivity index is 2.44. The number of allylic oxidation sites excluding steroid dienone is 1. The van der Waals surface area contributed by atoms with Gasteiger partial charge in [0.15, 0.2) is 0 Å². The lowest BCUT2D eigenvalue weighted by Gasteiger charge is -2.18. The summed E-state index contributed by atoms with van der Waals surface area (Å²) in [5.74, 6) is 0. The van der Waals surface area contributed by atoms with E-state index >= 15 is 0 Å². The molecular weight excluding hydrogens is 356 g/mol. The molecule has 0 bridgehead atoms. The zero-order chi connectivity index (χ0) is 15.7.